The number of ether oxygens (including phenoxy) is 1. The van der Waals surface area contributed by atoms with Crippen LogP contribution in [0.25, 0.3) is 0 Å². The Hall–Kier alpha value is -0.780. The van der Waals surface area contributed by atoms with Gasteiger partial charge >= 0.3 is 0 Å². The van der Waals surface area contributed by atoms with Gasteiger partial charge in [0.05, 0.1) is 16.5 Å². The van der Waals surface area contributed by atoms with Gasteiger partial charge in [0.25, 0.3) is 0 Å². The van der Waals surface area contributed by atoms with Gasteiger partial charge < -0.3 is 4.74 Å². The van der Waals surface area contributed by atoms with E-state index in [1.54, 1.807) is 6.07 Å². The third kappa shape index (κ3) is 3.86. The molecule has 0 atom stereocenters. The zero-order chi connectivity index (χ0) is 13.0. The molecule has 0 bridgehead atoms. The summed E-state index contributed by atoms with van der Waals surface area (Å²) in [5.41, 5.74) is 0. The monoisotopic (exact) mass is 289 g/mol. The normalized spacial score (nSPS) is 19.6. The van der Waals surface area contributed by atoms with E-state index in [1.807, 2.05) is 18.2 Å². The van der Waals surface area contributed by atoms with Crippen molar-refractivity contribution in [2.24, 2.45) is 0 Å². The van der Waals surface area contributed by atoms with Crippen molar-refractivity contribution in [1.29, 1.82) is 0 Å². The molecule has 100 valence electrons. The van der Waals surface area contributed by atoms with Gasteiger partial charge in [0.2, 0.25) is 0 Å². The zero-order valence-electron chi connectivity index (χ0n) is 10.0. The van der Waals surface area contributed by atoms with Crippen LogP contribution in [0.15, 0.2) is 24.3 Å². The predicted molar refractivity (Wildman–Crippen MR) is 72.0 cm³/mol. The molecule has 0 aliphatic carbocycles. The smallest absolute Gasteiger partial charge is 0.152 e. The summed E-state index contributed by atoms with van der Waals surface area (Å²) in [4.78, 5) is 2.10. The van der Waals surface area contributed by atoms with Gasteiger partial charge in [-0.25, -0.2) is 8.42 Å². The summed E-state index contributed by atoms with van der Waals surface area (Å²) in [5.74, 6) is 1.17. The lowest BCUT2D eigenvalue weighted by molar-refractivity contribution is 0.219. The SMILES string of the molecule is O=S1(=O)CCN(CCOc2ccccc2Cl)CC1. The van der Waals surface area contributed by atoms with Gasteiger partial charge in [-0.05, 0) is 12.1 Å². The summed E-state index contributed by atoms with van der Waals surface area (Å²) in [6, 6.07) is 7.33. The van der Waals surface area contributed by atoms with Crippen molar-refractivity contribution >= 4 is 21.4 Å². The lowest BCUT2D eigenvalue weighted by Crippen LogP contribution is -2.42. The Labute approximate surface area is 112 Å². The summed E-state index contributed by atoms with van der Waals surface area (Å²) < 4.78 is 28.1. The van der Waals surface area contributed by atoms with Gasteiger partial charge in [0.1, 0.15) is 12.4 Å². The van der Waals surface area contributed by atoms with Crippen molar-refractivity contribution < 1.29 is 13.2 Å². The van der Waals surface area contributed by atoms with E-state index in [0.29, 0.717) is 30.5 Å². The first-order valence-corrected chi connectivity index (χ1v) is 8.07. The van der Waals surface area contributed by atoms with Crippen LogP contribution in [0.5, 0.6) is 5.75 Å². The second-order valence-corrected chi connectivity index (χ2v) is 6.98. The second-order valence-electron chi connectivity index (χ2n) is 4.27. The van der Waals surface area contributed by atoms with E-state index >= 15 is 0 Å². The minimum absolute atomic E-state index is 0.249. The Bertz CT molecular complexity index is 490. The highest BCUT2D eigenvalue weighted by Gasteiger charge is 2.21. The van der Waals surface area contributed by atoms with Gasteiger partial charge in [-0.3, -0.25) is 4.90 Å². The number of hydrogen-bond acceptors (Lipinski definition) is 4. The van der Waals surface area contributed by atoms with E-state index in [0.717, 1.165) is 6.54 Å². The van der Waals surface area contributed by atoms with Crippen LogP contribution < -0.4 is 4.74 Å². The first kappa shape index (κ1) is 13.6. The van der Waals surface area contributed by atoms with Crippen molar-refractivity contribution in [1.82, 2.24) is 4.90 Å². The molecule has 1 fully saturated rings. The van der Waals surface area contributed by atoms with Gasteiger partial charge in [-0.2, -0.15) is 0 Å². The maximum absolute atomic E-state index is 11.3. The number of hydrogen-bond donors (Lipinski definition) is 0. The minimum atomic E-state index is -2.80. The highest BCUT2D eigenvalue weighted by atomic mass is 35.5. The molecule has 0 unspecified atom stereocenters. The Balaban J connectivity index is 1.75. The molecule has 0 N–H and O–H groups in total. The Morgan fingerprint density at radius 2 is 1.89 bits per heavy atom. The summed E-state index contributed by atoms with van der Waals surface area (Å²) in [6.45, 7) is 2.42. The van der Waals surface area contributed by atoms with Crippen LogP contribution >= 0.6 is 11.6 Å². The van der Waals surface area contributed by atoms with Crippen LogP contribution in [0.2, 0.25) is 5.02 Å². The second kappa shape index (κ2) is 5.91. The van der Waals surface area contributed by atoms with Gasteiger partial charge in [0, 0.05) is 19.6 Å². The van der Waals surface area contributed by atoms with E-state index in [1.165, 1.54) is 0 Å². The molecule has 1 saturated heterocycles. The maximum Gasteiger partial charge on any atom is 0.152 e. The lowest BCUT2D eigenvalue weighted by Gasteiger charge is -2.26. The lowest BCUT2D eigenvalue weighted by atomic mass is 10.3. The third-order valence-corrected chi connectivity index (χ3v) is 4.86. The van der Waals surface area contributed by atoms with Crippen LogP contribution in [-0.2, 0) is 9.84 Å². The Morgan fingerprint density at radius 1 is 1.22 bits per heavy atom. The average molecular weight is 290 g/mol. The van der Waals surface area contributed by atoms with Gasteiger partial charge in [-0.1, -0.05) is 23.7 Å². The molecule has 1 aromatic rings. The molecule has 2 rings (SSSR count). The average Bonchev–Trinajstić information content (AvgIpc) is 2.34. The summed E-state index contributed by atoms with van der Waals surface area (Å²) in [6.07, 6.45) is 0. The van der Waals surface area contributed by atoms with Crippen LogP contribution in [-0.4, -0.2) is 51.1 Å². The molecular weight excluding hydrogens is 274 g/mol. The molecular formula is C12H16ClNO3S. The molecule has 0 radical (unpaired) electrons. The van der Waals surface area contributed by atoms with Crippen molar-refractivity contribution in [3.63, 3.8) is 0 Å². The van der Waals surface area contributed by atoms with E-state index < -0.39 is 9.84 Å². The molecule has 0 aromatic heterocycles. The number of para-hydroxylation sites is 1. The zero-order valence-corrected chi connectivity index (χ0v) is 11.6. The first-order valence-electron chi connectivity index (χ1n) is 5.87. The molecule has 0 amide bonds. The number of halogens is 1. The largest absolute Gasteiger partial charge is 0.491 e. The van der Waals surface area contributed by atoms with Crippen molar-refractivity contribution in [3.8, 4) is 5.75 Å². The Kier molecular flexibility index (Phi) is 4.48. The van der Waals surface area contributed by atoms with E-state index in [-0.39, 0.29) is 11.5 Å². The maximum atomic E-state index is 11.3. The quantitative estimate of drug-likeness (QED) is 0.842. The van der Waals surface area contributed by atoms with E-state index in [9.17, 15) is 8.42 Å². The molecule has 1 heterocycles. The van der Waals surface area contributed by atoms with E-state index in [4.69, 9.17) is 16.3 Å². The van der Waals surface area contributed by atoms with Crippen molar-refractivity contribution in [3.05, 3.63) is 29.3 Å². The fraction of sp³-hybridized carbons (Fsp3) is 0.500. The first-order chi connectivity index (χ1) is 8.57. The number of nitrogens with zero attached hydrogens (tertiary/aromatic N) is 1. The summed E-state index contributed by atoms with van der Waals surface area (Å²) >= 11 is 5.97. The van der Waals surface area contributed by atoms with Gasteiger partial charge in [-0.15, -0.1) is 0 Å². The third-order valence-electron chi connectivity index (χ3n) is 2.94. The summed E-state index contributed by atoms with van der Waals surface area (Å²) in [7, 11) is -2.80. The molecule has 0 spiro atoms. The van der Waals surface area contributed by atoms with E-state index in [2.05, 4.69) is 4.90 Å². The van der Waals surface area contributed by atoms with Crippen molar-refractivity contribution in [2.45, 2.75) is 0 Å². The molecule has 0 saturated carbocycles. The number of sulfone groups is 1. The number of benzene rings is 1. The Morgan fingerprint density at radius 3 is 2.56 bits per heavy atom. The topological polar surface area (TPSA) is 46.6 Å². The highest BCUT2D eigenvalue weighted by molar-refractivity contribution is 7.91. The van der Waals surface area contributed by atoms with Crippen LogP contribution in [0.1, 0.15) is 0 Å². The van der Waals surface area contributed by atoms with Crippen LogP contribution in [0.3, 0.4) is 0 Å². The fourth-order valence-corrected chi connectivity index (χ4v) is 3.29. The predicted octanol–water partition coefficient (Wildman–Crippen LogP) is 1.45. The molecule has 4 nitrogen and oxygen atoms in total. The van der Waals surface area contributed by atoms with Gasteiger partial charge in [0.15, 0.2) is 9.84 Å². The highest BCUT2D eigenvalue weighted by Crippen LogP contribution is 2.22. The van der Waals surface area contributed by atoms with Crippen LogP contribution in [0, 0.1) is 0 Å². The molecule has 1 aliphatic rings. The fourth-order valence-electron chi connectivity index (χ4n) is 1.82. The van der Waals surface area contributed by atoms with Crippen molar-refractivity contribution in [2.75, 3.05) is 37.7 Å². The summed E-state index contributed by atoms with van der Waals surface area (Å²) in [5, 5.41) is 0.596. The number of rotatable bonds is 4. The van der Waals surface area contributed by atoms with Crippen LogP contribution in [0.4, 0.5) is 0 Å². The molecule has 18 heavy (non-hydrogen) atoms. The molecule has 6 heteroatoms. The molecule has 1 aliphatic heterocycles. The minimum Gasteiger partial charge on any atom is -0.491 e. The standard InChI is InChI=1S/C12H16ClNO3S/c13-11-3-1-2-4-12(11)17-8-5-14-6-9-18(15,16)10-7-14/h1-4H,5-10H2. The molecule has 1 aromatic carbocycles.